The monoisotopic (exact) mass is 351 g/mol. The van der Waals surface area contributed by atoms with Crippen LogP contribution in [0, 0.1) is 12.8 Å². The fourth-order valence-electron chi connectivity index (χ4n) is 1.96. The van der Waals surface area contributed by atoms with Gasteiger partial charge < -0.3 is 10.6 Å². The van der Waals surface area contributed by atoms with Gasteiger partial charge in [0.25, 0.3) is 5.91 Å². The summed E-state index contributed by atoms with van der Waals surface area (Å²) in [6.07, 6.45) is 0. The molecule has 0 aliphatic carbocycles. The Morgan fingerprint density at radius 3 is 2.39 bits per heavy atom. The normalized spacial score (nSPS) is 12.0. The molecule has 0 aliphatic rings. The van der Waals surface area contributed by atoms with Gasteiger partial charge in [0.2, 0.25) is 5.91 Å². The van der Waals surface area contributed by atoms with Crippen molar-refractivity contribution in [1.29, 1.82) is 0 Å². The molecule has 0 bridgehead atoms. The van der Waals surface area contributed by atoms with Crippen LogP contribution in [0.2, 0.25) is 5.02 Å². The van der Waals surface area contributed by atoms with Gasteiger partial charge >= 0.3 is 0 Å². The molecule has 5 nitrogen and oxygen atoms in total. The summed E-state index contributed by atoms with van der Waals surface area (Å²) < 4.78 is 0. The van der Waals surface area contributed by atoms with E-state index in [0.29, 0.717) is 15.7 Å². The lowest BCUT2D eigenvalue weighted by Gasteiger charge is -2.21. The summed E-state index contributed by atoms with van der Waals surface area (Å²) in [5.74, 6) is -0.658. The molecule has 7 heteroatoms. The number of carbonyl (C=O) groups is 2. The summed E-state index contributed by atoms with van der Waals surface area (Å²) in [5, 5.41) is 8.44. The summed E-state index contributed by atoms with van der Waals surface area (Å²) in [7, 11) is 0. The van der Waals surface area contributed by atoms with E-state index in [1.807, 2.05) is 26.2 Å². The largest absolute Gasteiger partial charge is 0.340 e. The van der Waals surface area contributed by atoms with Crippen LogP contribution in [0.15, 0.2) is 29.6 Å². The van der Waals surface area contributed by atoms with E-state index in [9.17, 15) is 9.59 Å². The average molecular weight is 352 g/mol. The number of aromatic nitrogens is 1. The molecule has 0 fully saturated rings. The molecule has 1 unspecified atom stereocenters. The van der Waals surface area contributed by atoms with Gasteiger partial charge in [-0.05, 0) is 37.1 Å². The first-order chi connectivity index (χ1) is 10.9. The zero-order chi connectivity index (χ0) is 17.0. The van der Waals surface area contributed by atoms with Crippen LogP contribution in [-0.2, 0) is 4.79 Å². The molecule has 23 heavy (non-hydrogen) atoms. The van der Waals surface area contributed by atoms with Crippen LogP contribution in [0.5, 0.6) is 0 Å². The van der Waals surface area contributed by atoms with E-state index in [4.69, 9.17) is 11.6 Å². The minimum atomic E-state index is -0.651. The van der Waals surface area contributed by atoms with Gasteiger partial charge in [0.15, 0.2) is 5.13 Å². The van der Waals surface area contributed by atoms with Crippen LogP contribution in [0.4, 0.5) is 5.13 Å². The predicted molar refractivity (Wildman–Crippen MR) is 93.0 cm³/mol. The Balaban J connectivity index is 2.07. The van der Waals surface area contributed by atoms with Crippen molar-refractivity contribution in [1.82, 2.24) is 10.3 Å². The summed E-state index contributed by atoms with van der Waals surface area (Å²) in [5.41, 5.74) is 1.30. The molecule has 0 aliphatic heterocycles. The highest BCUT2D eigenvalue weighted by Crippen LogP contribution is 2.16. The Labute approximate surface area is 144 Å². The second kappa shape index (κ2) is 7.57. The minimum absolute atomic E-state index is 0.0627. The lowest BCUT2D eigenvalue weighted by atomic mass is 10.0. The van der Waals surface area contributed by atoms with E-state index in [1.165, 1.54) is 11.3 Å². The predicted octanol–water partition coefficient (Wildman–Crippen LogP) is 3.50. The van der Waals surface area contributed by atoms with Crippen LogP contribution in [0.1, 0.15) is 29.9 Å². The highest BCUT2D eigenvalue weighted by molar-refractivity contribution is 7.13. The molecule has 1 aromatic carbocycles. The van der Waals surface area contributed by atoms with Crippen molar-refractivity contribution in [2.45, 2.75) is 26.8 Å². The maximum atomic E-state index is 12.4. The van der Waals surface area contributed by atoms with Crippen molar-refractivity contribution >= 4 is 39.9 Å². The van der Waals surface area contributed by atoms with E-state index >= 15 is 0 Å². The summed E-state index contributed by atoms with van der Waals surface area (Å²) in [6, 6.07) is 5.87. The van der Waals surface area contributed by atoms with Crippen LogP contribution >= 0.6 is 22.9 Å². The van der Waals surface area contributed by atoms with Crippen LogP contribution in [-0.4, -0.2) is 22.8 Å². The molecule has 0 spiro atoms. The third kappa shape index (κ3) is 4.77. The number of nitrogens with zero attached hydrogens (tertiary/aromatic N) is 1. The average Bonchev–Trinajstić information content (AvgIpc) is 2.89. The smallest absolute Gasteiger partial charge is 0.251 e. The molecule has 2 aromatic rings. The lowest BCUT2D eigenvalue weighted by Crippen LogP contribution is -2.47. The van der Waals surface area contributed by atoms with Gasteiger partial charge in [0.05, 0.1) is 5.69 Å². The van der Waals surface area contributed by atoms with Crippen LogP contribution < -0.4 is 10.6 Å². The molecule has 1 aromatic heterocycles. The Morgan fingerprint density at radius 1 is 1.22 bits per heavy atom. The fraction of sp³-hybridized carbons (Fsp3) is 0.312. The molecule has 2 rings (SSSR count). The number of benzene rings is 1. The third-order valence-electron chi connectivity index (χ3n) is 3.19. The molecule has 1 heterocycles. The minimum Gasteiger partial charge on any atom is -0.340 e. The van der Waals surface area contributed by atoms with Crippen LogP contribution in [0.25, 0.3) is 0 Å². The molecule has 0 saturated carbocycles. The van der Waals surface area contributed by atoms with E-state index in [1.54, 1.807) is 24.3 Å². The molecular formula is C16H18ClN3O2S. The van der Waals surface area contributed by atoms with Gasteiger partial charge in [-0.3, -0.25) is 9.59 Å². The topological polar surface area (TPSA) is 71.1 Å². The highest BCUT2D eigenvalue weighted by Gasteiger charge is 2.25. The number of carbonyl (C=O) groups excluding carboxylic acids is 2. The second-order valence-corrected chi connectivity index (χ2v) is 6.78. The Hall–Kier alpha value is -1.92. The molecule has 122 valence electrons. The SMILES string of the molecule is Cc1csc(NC(=O)C(NC(=O)c2ccc(Cl)cc2)C(C)C)n1. The number of anilines is 1. The number of amides is 2. The van der Waals surface area contributed by atoms with Crippen molar-refractivity contribution in [3.8, 4) is 0 Å². The zero-order valence-electron chi connectivity index (χ0n) is 13.1. The highest BCUT2D eigenvalue weighted by atomic mass is 35.5. The Morgan fingerprint density at radius 2 is 1.87 bits per heavy atom. The quantitative estimate of drug-likeness (QED) is 0.866. The first kappa shape index (κ1) is 17.4. The molecule has 0 saturated heterocycles. The summed E-state index contributed by atoms with van der Waals surface area (Å²) >= 11 is 7.17. The molecular weight excluding hydrogens is 334 g/mol. The molecule has 0 radical (unpaired) electrons. The summed E-state index contributed by atoms with van der Waals surface area (Å²) in [6.45, 7) is 5.60. The first-order valence-corrected chi connectivity index (χ1v) is 8.42. The number of hydrogen-bond acceptors (Lipinski definition) is 4. The van der Waals surface area contributed by atoms with Crippen molar-refractivity contribution in [2.24, 2.45) is 5.92 Å². The number of rotatable bonds is 5. The van der Waals surface area contributed by atoms with Gasteiger partial charge in [0.1, 0.15) is 6.04 Å². The van der Waals surface area contributed by atoms with E-state index < -0.39 is 6.04 Å². The number of thiazole rings is 1. The summed E-state index contributed by atoms with van der Waals surface area (Å²) in [4.78, 5) is 28.9. The molecule has 2 amide bonds. The molecule has 2 N–H and O–H groups in total. The maximum absolute atomic E-state index is 12.4. The lowest BCUT2D eigenvalue weighted by molar-refractivity contribution is -0.118. The first-order valence-electron chi connectivity index (χ1n) is 7.16. The van der Waals surface area contributed by atoms with E-state index in [0.717, 1.165) is 5.69 Å². The number of halogens is 1. The second-order valence-electron chi connectivity index (χ2n) is 5.49. The Bertz CT molecular complexity index is 698. The maximum Gasteiger partial charge on any atom is 0.251 e. The van der Waals surface area contributed by atoms with Gasteiger partial charge in [-0.25, -0.2) is 4.98 Å². The van der Waals surface area contributed by atoms with Crippen molar-refractivity contribution in [2.75, 3.05) is 5.32 Å². The van der Waals surface area contributed by atoms with Crippen LogP contribution in [0.3, 0.4) is 0 Å². The van der Waals surface area contributed by atoms with E-state index in [2.05, 4.69) is 15.6 Å². The van der Waals surface area contributed by atoms with Gasteiger partial charge in [0, 0.05) is 16.0 Å². The van der Waals surface area contributed by atoms with Crippen molar-refractivity contribution in [3.05, 3.63) is 45.9 Å². The van der Waals surface area contributed by atoms with Crippen molar-refractivity contribution in [3.63, 3.8) is 0 Å². The number of nitrogens with one attached hydrogen (secondary N) is 2. The number of aryl methyl sites for hydroxylation is 1. The molecule has 1 atom stereocenters. The van der Waals surface area contributed by atoms with Crippen molar-refractivity contribution < 1.29 is 9.59 Å². The van der Waals surface area contributed by atoms with Gasteiger partial charge in [-0.2, -0.15) is 0 Å². The van der Waals surface area contributed by atoms with Gasteiger partial charge in [-0.15, -0.1) is 11.3 Å². The number of hydrogen-bond donors (Lipinski definition) is 2. The standard InChI is InChI=1S/C16H18ClN3O2S/c1-9(2)13(15(22)20-16-18-10(3)8-23-16)19-14(21)11-4-6-12(17)7-5-11/h4-9,13H,1-3H3,(H,19,21)(H,18,20,22). The fourth-order valence-corrected chi connectivity index (χ4v) is 2.77. The van der Waals surface area contributed by atoms with Gasteiger partial charge in [-0.1, -0.05) is 25.4 Å². The Kier molecular flexibility index (Phi) is 5.74. The van der Waals surface area contributed by atoms with E-state index in [-0.39, 0.29) is 17.7 Å². The zero-order valence-corrected chi connectivity index (χ0v) is 14.7. The third-order valence-corrected chi connectivity index (χ3v) is 4.32.